The molecule has 0 fully saturated rings. The van der Waals surface area contributed by atoms with Crippen molar-refractivity contribution >= 4 is 46.8 Å². The van der Waals surface area contributed by atoms with Crippen LogP contribution in [0, 0.1) is 0 Å². The summed E-state index contributed by atoms with van der Waals surface area (Å²) in [6, 6.07) is 12.2. The van der Waals surface area contributed by atoms with Crippen molar-refractivity contribution < 1.29 is 9.05 Å². The number of fused-ring (bicyclic) bond motifs is 2. The SMILES string of the molecule is CSP(SC)c1cccc2c1Oc1c(B(C)F)cccc1C2(C)C. The molecular weight excluding hydrogens is 357 g/mol. The van der Waals surface area contributed by atoms with Crippen molar-refractivity contribution in [3.63, 3.8) is 0 Å². The van der Waals surface area contributed by atoms with E-state index in [4.69, 9.17) is 4.74 Å². The molecule has 0 saturated heterocycles. The molecule has 126 valence electrons. The number of para-hydroxylation sites is 2. The molecule has 2 aromatic carbocycles. The molecule has 0 saturated carbocycles. The predicted molar refractivity (Wildman–Crippen MR) is 111 cm³/mol. The highest BCUT2D eigenvalue weighted by atomic mass is 33.1. The van der Waals surface area contributed by atoms with Crippen LogP contribution in [-0.2, 0) is 5.41 Å². The normalized spacial score (nSPS) is 14.8. The van der Waals surface area contributed by atoms with E-state index in [0.29, 0.717) is 11.2 Å². The third-order valence-corrected chi connectivity index (χ3v) is 11.8. The lowest BCUT2D eigenvalue weighted by molar-refractivity contribution is 0.424. The number of benzene rings is 2. The quantitative estimate of drug-likeness (QED) is 0.508. The fourth-order valence-electron chi connectivity index (χ4n) is 3.26. The highest BCUT2D eigenvalue weighted by molar-refractivity contribution is 8.89. The van der Waals surface area contributed by atoms with Gasteiger partial charge in [-0.15, -0.1) is 22.8 Å². The summed E-state index contributed by atoms with van der Waals surface area (Å²) in [5, 5.41) is 1.24. The zero-order valence-electron chi connectivity index (χ0n) is 14.6. The van der Waals surface area contributed by atoms with Gasteiger partial charge in [0, 0.05) is 28.2 Å². The Morgan fingerprint density at radius 1 is 1.00 bits per heavy atom. The van der Waals surface area contributed by atoms with Gasteiger partial charge in [0.15, 0.2) is 0 Å². The first-order chi connectivity index (χ1) is 11.4. The topological polar surface area (TPSA) is 9.23 Å². The molecule has 0 spiro atoms. The molecule has 24 heavy (non-hydrogen) atoms. The van der Waals surface area contributed by atoms with Crippen molar-refractivity contribution in [2.24, 2.45) is 0 Å². The van der Waals surface area contributed by atoms with E-state index in [9.17, 15) is 4.32 Å². The second kappa shape index (κ2) is 6.94. The van der Waals surface area contributed by atoms with Gasteiger partial charge in [0.2, 0.25) is 0 Å². The molecule has 0 unspecified atom stereocenters. The van der Waals surface area contributed by atoms with Gasteiger partial charge in [0.05, 0.1) is 0 Å². The third kappa shape index (κ3) is 2.89. The minimum absolute atomic E-state index is 0.207. The Balaban J connectivity index is 2.24. The fourth-order valence-corrected chi connectivity index (χ4v) is 8.17. The van der Waals surface area contributed by atoms with Crippen LogP contribution in [0.25, 0.3) is 0 Å². The van der Waals surface area contributed by atoms with Crippen LogP contribution in [-0.4, -0.2) is 19.5 Å². The van der Waals surface area contributed by atoms with E-state index >= 15 is 0 Å². The van der Waals surface area contributed by atoms with Crippen LogP contribution in [0.2, 0.25) is 6.82 Å². The lowest BCUT2D eigenvalue weighted by Crippen LogP contribution is -2.33. The van der Waals surface area contributed by atoms with Crippen LogP contribution in [0.1, 0.15) is 25.0 Å². The van der Waals surface area contributed by atoms with Crippen LogP contribution < -0.4 is 15.5 Å². The molecule has 0 radical (unpaired) electrons. The van der Waals surface area contributed by atoms with Crippen molar-refractivity contribution in [3.05, 3.63) is 47.5 Å². The molecule has 0 N–H and O–H groups in total. The van der Waals surface area contributed by atoms with Gasteiger partial charge in [-0.3, -0.25) is 0 Å². The second-order valence-corrected chi connectivity index (χ2v) is 13.1. The number of rotatable bonds is 4. The molecule has 0 bridgehead atoms. The Hall–Kier alpha value is -0.635. The molecule has 1 aliphatic rings. The lowest BCUT2D eigenvalue weighted by Gasteiger charge is -2.37. The van der Waals surface area contributed by atoms with E-state index in [-0.39, 0.29) is 5.41 Å². The van der Waals surface area contributed by atoms with Gasteiger partial charge in [0.25, 0.3) is 0 Å². The second-order valence-electron chi connectivity index (χ2n) is 6.34. The Kier molecular flexibility index (Phi) is 5.25. The van der Waals surface area contributed by atoms with Crippen molar-refractivity contribution in [3.8, 4) is 11.5 Å². The monoisotopic (exact) mass is 378 g/mol. The van der Waals surface area contributed by atoms with Crippen molar-refractivity contribution in [1.29, 1.82) is 0 Å². The van der Waals surface area contributed by atoms with Gasteiger partial charge in [-0.2, -0.15) is 0 Å². The molecule has 3 rings (SSSR count). The Labute approximate surface area is 153 Å². The van der Waals surface area contributed by atoms with Gasteiger partial charge < -0.3 is 9.05 Å². The van der Waals surface area contributed by atoms with E-state index in [1.54, 1.807) is 6.82 Å². The number of hydrogen-bond acceptors (Lipinski definition) is 3. The predicted octanol–water partition coefficient (Wildman–Crippen LogP) is 5.58. The number of ether oxygens (including phenoxy) is 1. The summed E-state index contributed by atoms with van der Waals surface area (Å²) in [6.07, 6.45) is 3.87. The number of halogens is 1. The maximum Gasteiger partial charge on any atom is 0.381 e. The lowest BCUT2D eigenvalue weighted by atomic mass is 9.64. The van der Waals surface area contributed by atoms with Crippen LogP contribution in [0.4, 0.5) is 4.32 Å². The maximum absolute atomic E-state index is 14.2. The summed E-state index contributed by atoms with van der Waals surface area (Å²) >= 11 is 3.72. The molecule has 1 aliphatic heterocycles. The highest BCUT2D eigenvalue weighted by Crippen LogP contribution is 2.60. The van der Waals surface area contributed by atoms with Gasteiger partial charge in [-0.05, 0) is 30.9 Å². The summed E-state index contributed by atoms with van der Waals surface area (Å²) in [5.74, 6) is 1.63. The largest absolute Gasteiger partial charge is 0.456 e. The summed E-state index contributed by atoms with van der Waals surface area (Å²) in [7, 11) is 0. The van der Waals surface area contributed by atoms with Crippen LogP contribution in [0.5, 0.6) is 11.5 Å². The highest BCUT2D eigenvalue weighted by Gasteiger charge is 2.38. The molecule has 6 heteroatoms. The van der Waals surface area contributed by atoms with Crippen LogP contribution in [0.15, 0.2) is 36.4 Å². The zero-order valence-corrected chi connectivity index (χ0v) is 17.1. The number of hydrogen-bond donors (Lipinski definition) is 0. The molecule has 0 aliphatic carbocycles. The summed E-state index contributed by atoms with van der Waals surface area (Å²) in [6.45, 7) is 4.92. The summed E-state index contributed by atoms with van der Waals surface area (Å²) in [4.78, 5) is 0. The van der Waals surface area contributed by atoms with Crippen molar-refractivity contribution in [2.45, 2.75) is 26.1 Å². The average molecular weight is 378 g/mol. The molecule has 0 amide bonds. The van der Waals surface area contributed by atoms with Gasteiger partial charge in [-0.25, -0.2) is 0 Å². The first-order valence-electron chi connectivity index (χ1n) is 7.89. The van der Waals surface area contributed by atoms with Crippen LogP contribution in [0.3, 0.4) is 0 Å². The van der Waals surface area contributed by atoms with E-state index < -0.39 is 13.3 Å². The molecule has 1 heterocycles. The third-order valence-electron chi connectivity index (χ3n) is 4.55. The van der Waals surface area contributed by atoms with E-state index in [0.717, 1.165) is 11.3 Å². The molecule has 2 aromatic rings. The standard InChI is InChI=1S/C18H21BFOPS2/c1-18(2)12-8-6-10-14(19(3)20)16(12)21-17-13(18)9-7-11-15(17)22(23-4)24-5/h6-11H,1-5H3. The smallest absolute Gasteiger partial charge is 0.381 e. The minimum Gasteiger partial charge on any atom is -0.456 e. The molecule has 0 atom stereocenters. The first-order valence-corrected chi connectivity index (χ1v) is 12.9. The van der Waals surface area contributed by atoms with Gasteiger partial charge >= 0.3 is 6.99 Å². The Morgan fingerprint density at radius 3 is 2.17 bits per heavy atom. The van der Waals surface area contributed by atoms with Gasteiger partial charge in [0.1, 0.15) is 11.5 Å². The van der Waals surface area contributed by atoms with E-state index in [2.05, 4.69) is 50.6 Å². The van der Waals surface area contributed by atoms with Crippen molar-refractivity contribution in [2.75, 3.05) is 12.5 Å². The fraction of sp³-hybridized carbons (Fsp3) is 0.333. The van der Waals surface area contributed by atoms with Crippen LogP contribution >= 0.6 is 29.1 Å². The molecular formula is C18H21BFOPS2. The molecule has 1 nitrogen and oxygen atoms in total. The van der Waals surface area contributed by atoms with E-state index in [1.807, 2.05) is 34.9 Å². The zero-order chi connectivity index (χ0) is 17.5. The Bertz CT molecular complexity index is 763. The van der Waals surface area contributed by atoms with Gasteiger partial charge in [-0.1, -0.05) is 44.2 Å². The molecule has 0 aromatic heterocycles. The summed E-state index contributed by atoms with van der Waals surface area (Å²) < 4.78 is 20.5. The van der Waals surface area contributed by atoms with E-state index in [1.165, 1.54) is 10.9 Å². The minimum atomic E-state index is -1.05. The average Bonchev–Trinajstić information content (AvgIpc) is 2.56. The summed E-state index contributed by atoms with van der Waals surface area (Å²) in [5.41, 5.74) is 2.68. The maximum atomic E-state index is 14.2. The Morgan fingerprint density at radius 2 is 1.58 bits per heavy atom. The van der Waals surface area contributed by atoms with Crippen molar-refractivity contribution in [1.82, 2.24) is 0 Å². The first kappa shape index (κ1) is 18.2.